The largest absolute Gasteiger partial charge is 0.466 e. The van der Waals surface area contributed by atoms with Gasteiger partial charge in [0.1, 0.15) is 23.4 Å². The number of amides is 1. The Hall–Kier alpha value is -4.05. The van der Waals surface area contributed by atoms with Gasteiger partial charge in [0.05, 0.1) is 24.6 Å². The number of halogens is 5. The number of carbonyl (C=O) groups is 2. The molecule has 1 amide bonds. The molecule has 4 rings (SSSR count). The van der Waals surface area contributed by atoms with Crippen molar-refractivity contribution in [3.8, 4) is 22.6 Å². The topological polar surface area (TPSA) is 76.7 Å². The van der Waals surface area contributed by atoms with Crippen molar-refractivity contribution in [2.24, 2.45) is 0 Å². The molecule has 6 nitrogen and oxygen atoms in total. The summed E-state index contributed by atoms with van der Waals surface area (Å²) in [4.78, 5) is 26.0. The Morgan fingerprint density at radius 1 is 1.23 bits per heavy atom. The second-order valence-corrected chi connectivity index (χ2v) is 9.51. The summed E-state index contributed by atoms with van der Waals surface area (Å²) in [5.41, 5.74) is -0.999. The molecule has 0 radical (unpaired) electrons. The van der Waals surface area contributed by atoms with Crippen LogP contribution in [0.3, 0.4) is 0 Å². The van der Waals surface area contributed by atoms with Gasteiger partial charge in [0.25, 0.3) is 0 Å². The van der Waals surface area contributed by atoms with E-state index in [1.165, 1.54) is 30.5 Å². The highest BCUT2D eigenvalue weighted by Crippen LogP contribution is 2.43. The number of ether oxygens (including phenoxy) is 2. The smallest absolute Gasteiger partial charge is 0.419 e. The molecule has 2 atom stereocenters. The van der Waals surface area contributed by atoms with Crippen LogP contribution in [0.25, 0.3) is 11.1 Å². The van der Waals surface area contributed by atoms with Crippen molar-refractivity contribution in [2.45, 2.75) is 38.5 Å². The Bertz CT molecular complexity index is 1480. The second-order valence-electron chi connectivity index (χ2n) is 9.07. The third-order valence-corrected chi connectivity index (χ3v) is 6.52. The van der Waals surface area contributed by atoms with E-state index in [4.69, 9.17) is 21.1 Å². The maximum atomic E-state index is 15.7. The highest BCUT2D eigenvalue weighted by atomic mass is 35.5. The van der Waals surface area contributed by atoms with Gasteiger partial charge >= 0.3 is 12.1 Å². The molecule has 40 heavy (non-hydrogen) atoms. The summed E-state index contributed by atoms with van der Waals surface area (Å²) in [6, 6.07) is 8.57. The molecule has 3 aromatic carbocycles. The molecule has 210 valence electrons. The van der Waals surface area contributed by atoms with E-state index in [-0.39, 0.29) is 34.3 Å². The van der Waals surface area contributed by atoms with Gasteiger partial charge in [-0.05, 0) is 73.1 Å². The number of rotatable bonds is 5. The lowest BCUT2D eigenvalue weighted by Gasteiger charge is -2.25. The number of nitrogens with one attached hydrogen (secondary N) is 2. The van der Waals surface area contributed by atoms with Gasteiger partial charge in [0, 0.05) is 16.1 Å². The fourth-order valence-electron chi connectivity index (χ4n) is 4.61. The molecule has 0 unspecified atom stereocenters. The summed E-state index contributed by atoms with van der Waals surface area (Å²) in [5.74, 6) is -2.86. The summed E-state index contributed by atoms with van der Waals surface area (Å²) in [6.07, 6.45) is -4.47. The summed E-state index contributed by atoms with van der Waals surface area (Å²) in [5, 5.41) is 5.52. The number of hydrogen-bond donors (Lipinski definition) is 2. The molecule has 3 aromatic rings. The molecule has 0 spiro atoms. The van der Waals surface area contributed by atoms with Crippen LogP contribution in [-0.2, 0) is 20.5 Å². The quantitative estimate of drug-likeness (QED) is 0.249. The first-order chi connectivity index (χ1) is 18.9. The Labute approximate surface area is 232 Å². The zero-order valence-corrected chi connectivity index (χ0v) is 22.3. The summed E-state index contributed by atoms with van der Waals surface area (Å²) in [6.45, 7) is 6.78. The SMILES string of the molecule is C=CN[C@@H]1C(=O)N[C@@H](CC(=O)OCC)c2cc(cc(C(F)(F)F)c2F)-c2c(C)cccc2Oc2cc(Cl)cc1c2. The minimum absolute atomic E-state index is 0.0222. The fourth-order valence-corrected chi connectivity index (χ4v) is 4.84. The van der Waals surface area contributed by atoms with Gasteiger partial charge in [-0.3, -0.25) is 9.59 Å². The molecule has 1 heterocycles. The van der Waals surface area contributed by atoms with Crippen LogP contribution < -0.4 is 15.4 Å². The number of aryl methyl sites for hydroxylation is 1. The van der Waals surface area contributed by atoms with Crippen molar-refractivity contribution in [1.82, 2.24) is 10.6 Å². The highest BCUT2D eigenvalue weighted by molar-refractivity contribution is 6.30. The lowest BCUT2D eigenvalue weighted by atomic mass is 9.91. The molecular formula is C29H25ClF4N2O4. The molecule has 0 aliphatic carbocycles. The van der Waals surface area contributed by atoms with Crippen molar-refractivity contribution in [3.05, 3.63) is 94.4 Å². The van der Waals surface area contributed by atoms with Crippen LogP contribution >= 0.6 is 11.6 Å². The Balaban J connectivity index is 2.07. The van der Waals surface area contributed by atoms with Gasteiger partial charge in [-0.25, -0.2) is 4.39 Å². The van der Waals surface area contributed by atoms with Gasteiger partial charge < -0.3 is 20.1 Å². The van der Waals surface area contributed by atoms with E-state index < -0.39 is 53.5 Å². The first kappa shape index (κ1) is 28.9. The van der Waals surface area contributed by atoms with Gasteiger partial charge in [-0.1, -0.05) is 30.3 Å². The average molecular weight is 577 g/mol. The summed E-state index contributed by atoms with van der Waals surface area (Å²) < 4.78 is 69.1. The van der Waals surface area contributed by atoms with Crippen LogP contribution in [-0.4, -0.2) is 18.5 Å². The van der Waals surface area contributed by atoms with Crippen LogP contribution in [0.15, 0.2) is 61.3 Å². The van der Waals surface area contributed by atoms with Gasteiger partial charge in [0.2, 0.25) is 5.91 Å². The van der Waals surface area contributed by atoms with Crippen molar-refractivity contribution in [1.29, 1.82) is 0 Å². The van der Waals surface area contributed by atoms with E-state index in [0.29, 0.717) is 17.2 Å². The maximum absolute atomic E-state index is 15.7. The lowest BCUT2D eigenvalue weighted by Crippen LogP contribution is -2.39. The Morgan fingerprint density at radius 3 is 2.65 bits per heavy atom. The fraction of sp³-hybridized carbons (Fsp3) is 0.241. The first-order valence-corrected chi connectivity index (χ1v) is 12.6. The van der Waals surface area contributed by atoms with E-state index in [1.807, 2.05) is 0 Å². The van der Waals surface area contributed by atoms with E-state index in [1.54, 1.807) is 32.0 Å². The maximum Gasteiger partial charge on any atom is 0.419 e. The van der Waals surface area contributed by atoms with Gasteiger partial charge in [0.15, 0.2) is 0 Å². The monoisotopic (exact) mass is 576 g/mol. The molecule has 1 aliphatic rings. The summed E-state index contributed by atoms with van der Waals surface area (Å²) >= 11 is 6.34. The molecule has 0 saturated carbocycles. The third kappa shape index (κ3) is 6.07. The molecule has 0 fully saturated rings. The number of fused-ring (bicyclic) bond motifs is 6. The van der Waals surface area contributed by atoms with Gasteiger partial charge in [-0.15, -0.1) is 0 Å². The minimum Gasteiger partial charge on any atom is -0.466 e. The molecule has 1 aliphatic heterocycles. The number of benzene rings is 3. The molecule has 2 N–H and O–H groups in total. The molecular weight excluding hydrogens is 552 g/mol. The van der Waals surface area contributed by atoms with Crippen molar-refractivity contribution in [2.75, 3.05) is 6.61 Å². The predicted molar refractivity (Wildman–Crippen MR) is 141 cm³/mol. The Morgan fingerprint density at radius 2 is 1.98 bits per heavy atom. The summed E-state index contributed by atoms with van der Waals surface area (Å²) in [7, 11) is 0. The van der Waals surface area contributed by atoms with Crippen LogP contribution in [0, 0.1) is 12.7 Å². The molecule has 11 heteroatoms. The number of esters is 1. The second kappa shape index (κ2) is 11.6. The lowest BCUT2D eigenvalue weighted by molar-refractivity contribution is -0.143. The van der Waals surface area contributed by atoms with E-state index in [2.05, 4.69) is 17.2 Å². The van der Waals surface area contributed by atoms with Crippen LogP contribution in [0.5, 0.6) is 11.5 Å². The number of carbonyl (C=O) groups excluding carboxylic acids is 2. The third-order valence-electron chi connectivity index (χ3n) is 6.30. The Kier molecular flexibility index (Phi) is 8.39. The van der Waals surface area contributed by atoms with E-state index in [0.717, 1.165) is 0 Å². The first-order valence-electron chi connectivity index (χ1n) is 12.2. The van der Waals surface area contributed by atoms with E-state index in [9.17, 15) is 22.8 Å². The minimum atomic E-state index is -5.09. The molecule has 0 saturated heterocycles. The van der Waals surface area contributed by atoms with Crippen molar-refractivity contribution in [3.63, 3.8) is 0 Å². The van der Waals surface area contributed by atoms with Crippen LogP contribution in [0.2, 0.25) is 5.02 Å². The standard InChI is InChI=1S/C29H25ClF4N2O4/c1-4-35-27-17-9-18(30)13-19(10-17)40-23-8-6-7-15(3)25(23)16-11-20(26(31)21(12-16)29(32,33)34)22(36-28(27)38)14-24(37)39-5-2/h4,6-13,22,27,35H,1,5,14H2,2-3H3,(H,36,38)/t22-,27-/m0/s1. The zero-order chi connectivity index (χ0) is 29.2. The average Bonchev–Trinajstić information content (AvgIpc) is 2.86. The van der Waals surface area contributed by atoms with Crippen LogP contribution in [0.1, 0.15) is 47.7 Å². The zero-order valence-electron chi connectivity index (χ0n) is 21.5. The van der Waals surface area contributed by atoms with Gasteiger partial charge in [-0.2, -0.15) is 13.2 Å². The van der Waals surface area contributed by atoms with E-state index >= 15 is 4.39 Å². The van der Waals surface area contributed by atoms with Crippen molar-refractivity contribution < 1.29 is 36.6 Å². The number of alkyl halides is 3. The number of hydrogen-bond acceptors (Lipinski definition) is 5. The predicted octanol–water partition coefficient (Wildman–Crippen LogP) is 7.16. The normalized spacial score (nSPS) is 16.7. The van der Waals surface area contributed by atoms with Crippen molar-refractivity contribution >= 4 is 23.5 Å². The highest BCUT2D eigenvalue weighted by Gasteiger charge is 2.38. The molecule has 4 bridgehead atoms. The van der Waals surface area contributed by atoms with Crippen LogP contribution in [0.4, 0.5) is 17.6 Å². The molecule has 0 aromatic heterocycles.